The Bertz CT molecular complexity index is 204. The molecule has 0 rings (SSSR count). The van der Waals surface area contributed by atoms with Gasteiger partial charge in [0.25, 0.3) is 0 Å². The van der Waals surface area contributed by atoms with Crippen molar-refractivity contribution in [3.63, 3.8) is 0 Å². The molecule has 0 aromatic carbocycles. The van der Waals surface area contributed by atoms with Crippen LogP contribution in [0.25, 0.3) is 0 Å². The van der Waals surface area contributed by atoms with Crippen LogP contribution in [0, 0.1) is 5.92 Å². The molecule has 0 radical (unpaired) electrons. The minimum atomic E-state index is -0.815. The minimum Gasteiger partial charge on any atom is -0.481 e. The first-order valence-electron chi connectivity index (χ1n) is 5.48. The highest BCUT2D eigenvalue weighted by atomic mass is 16.4. The van der Waals surface area contributed by atoms with Gasteiger partial charge in [0.05, 0.1) is 11.5 Å². The van der Waals surface area contributed by atoms with Crippen molar-refractivity contribution in [1.82, 2.24) is 5.32 Å². The fourth-order valence-electron chi connectivity index (χ4n) is 1.40. The lowest BCUT2D eigenvalue weighted by molar-refractivity contribution is -0.142. The van der Waals surface area contributed by atoms with Crippen molar-refractivity contribution < 1.29 is 15.0 Å². The number of carboxylic acids is 1. The number of rotatable bonds is 7. The molecule has 0 saturated heterocycles. The molecule has 4 heteroatoms. The van der Waals surface area contributed by atoms with Gasteiger partial charge in [-0.1, -0.05) is 20.3 Å². The van der Waals surface area contributed by atoms with Gasteiger partial charge in [0, 0.05) is 12.6 Å². The summed E-state index contributed by atoms with van der Waals surface area (Å²) in [6.07, 6.45) is 1.63. The molecule has 0 saturated carbocycles. The van der Waals surface area contributed by atoms with Crippen molar-refractivity contribution in [3.05, 3.63) is 0 Å². The smallest absolute Gasteiger partial charge is 0.307 e. The summed E-state index contributed by atoms with van der Waals surface area (Å²) in [4.78, 5) is 10.7. The summed E-state index contributed by atoms with van der Waals surface area (Å²) in [6.45, 7) is 7.69. The minimum absolute atomic E-state index is 0.133. The summed E-state index contributed by atoms with van der Waals surface area (Å²) in [6, 6.07) is -0.133. The highest BCUT2D eigenvalue weighted by molar-refractivity contribution is 5.70. The van der Waals surface area contributed by atoms with Crippen LogP contribution in [0.2, 0.25) is 0 Å². The number of hydrogen-bond acceptors (Lipinski definition) is 3. The van der Waals surface area contributed by atoms with E-state index in [2.05, 4.69) is 5.32 Å². The third-order valence-electron chi connectivity index (χ3n) is 2.73. The van der Waals surface area contributed by atoms with Gasteiger partial charge in [0.1, 0.15) is 0 Å². The molecule has 0 fully saturated rings. The molecule has 3 unspecified atom stereocenters. The van der Waals surface area contributed by atoms with Gasteiger partial charge >= 0.3 is 5.97 Å². The van der Waals surface area contributed by atoms with Crippen LogP contribution in [0.15, 0.2) is 0 Å². The Labute approximate surface area is 91.7 Å². The van der Waals surface area contributed by atoms with Gasteiger partial charge in [-0.15, -0.1) is 0 Å². The maximum Gasteiger partial charge on any atom is 0.307 e. The zero-order valence-electron chi connectivity index (χ0n) is 10.1. The van der Waals surface area contributed by atoms with Crippen molar-refractivity contribution in [2.75, 3.05) is 6.54 Å². The van der Waals surface area contributed by atoms with Crippen LogP contribution >= 0.6 is 0 Å². The van der Waals surface area contributed by atoms with E-state index in [9.17, 15) is 9.90 Å². The van der Waals surface area contributed by atoms with Crippen LogP contribution in [0.3, 0.4) is 0 Å². The second-order valence-electron chi connectivity index (χ2n) is 4.54. The Balaban J connectivity index is 3.99. The topological polar surface area (TPSA) is 69.6 Å². The number of hydrogen-bond donors (Lipinski definition) is 3. The monoisotopic (exact) mass is 217 g/mol. The quantitative estimate of drug-likeness (QED) is 0.600. The Morgan fingerprint density at radius 3 is 2.40 bits per heavy atom. The van der Waals surface area contributed by atoms with Crippen molar-refractivity contribution in [3.8, 4) is 0 Å². The van der Waals surface area contributed by atoms with Crippen LogP contribution in [0.4, 0.5) is 0 Å². The van der Waals surface area contributed by atoms with Crippen LogP contribution in [-0.2, 0) is 4.79 Å². The van der Waals surface area contributed by atoms with E-state index in [-0.39, 0.29) is 6.04 Å². The lowest BCUT2D eigenvalue weighted by Crippen LogP contribution is -2.45. The van der Waals surface area contributed by atoms with E-state index in [0.29, 0.717) is 13.0 Å². The van der Waals surface area contributed by atoms with Crippen LogP contribution in [0.1, 0.15) is 40.5 Å². The predicted molar refractivity (Wildman–Crippen MR) is 59.8 cm³/mol. The third-order valence-corrected chi connectivity index (χ3v) is 2.73. The molecule has 15 heavy (non-hydrogen) atoms. The number of carboxylic acid groups (broad SMARTS) is 1. The van der Waals surface area contributed by atoms with E-state index in [4.69, 9.17) is 5.11 Å². The third kappa shape index (κ3) is 5.74. The number of aliphatic carboxylic acids is 1. The maximum absolute atomic E-state index is 10.7. The molecule has 3 atom stereocenters. The number of nitrogens with one attached hydrogen (secondary N) is 1. The first kappa shape index (κ1) is 14.4. The molecule has 0 aliphatic rings. The molecule has 3 N–H and O–H groups in total. The van der Waals surface area contributed by atoms with Gasteiger partial charge in [-0.2, -0.15) is 0 Å². The Morgan fingerprint density at radius 2 is 2.00 bits per heavy atom. The summed E-state index contributed by atoms with van der Waals surface area (Å²) in [5.41, 5.74) is -0.749. The normalized spacial score (nSPS) is 19.3. The summed E-state index contributed by atoms with van der Waals surface area (Å²) >= 11 is 0. The van der Waals surface area contributed by atoms with Crippen LogP contribution in [0.5, 0.6) is 0 Å². The number of aliphatic hydroxyl groups is 1. The van der Waals surface area contributed by atoms with Crippen molar-refractivity contribution in [1.29, 1.82) is 0 Å². The van der Waals surface area contributed by atoms with Crippen molar-refractivity contribution in [2.45, 2.75) is 52.2 Å². The SMILES string of the molecule is CCCC(C)(O)CNC(C)C(C)C(=O)O. The Hall–Kier alpha value is -0.610. The predicted octanol–water partition coefficient (Wildman–Crippen LogP) is 1.24. The van der Waals surface area contributed by atoms with Gasteiger partial charge in [0.15, 0.2) is 0 Å². The lowest BCUT2D eigenvalue weighted by Gasteiger charge is -2.26. The first-order valence-corrected chi connectivity index (χ1v) is 5.48. The number of carbonyl (C=O) groups is 1. The van der Waals surface area contributed by atoms with E-state index in [1.807, 2.05) is 13.8 Å². The highest BCUT2D eigenvalue weighted by Gasteiger charge is 2.23. The molecular formula is C11H23NO3. The molecule has 4 nitrogen and oxygen atoms in total. The molecule has 0 heterocycles. The largest absolute Gasteiger partial charge is 0.481 e. The zero-order chi connectivity index (χ0) is 12.1. The maximum atomic E-state index is 10.7. The van der Waals surface area contributed by atoms with Crippen LogP contribution < -0.4 is 5.32 Å². The molecular weight excluding hydrogens is 194 g/mol. The van der Waals surface area contributed by atoms with E-state index >= 15 is 0 Å². The summed E-state index contributed by atoms with van der Waals surface area (Å²) in [5.74, 6) is -1.26. The van der Waals surface area contributed by atoms with Gasteiger partial charge in [-0.25, -0.2) is 0 Å². The van der Waals surface area contributed by atoms with Crippen molar-refractivity contribution in [2.24, 2.45) is 5.92 Å². The second kappa shape index (κ2) is 6.08. The van der Waals surface area contributed by atoms with E-state index in [0.717, 1.165) is 6.42 Å². The average molecular weight is 217 g/mol. The van der Waals surface area contributed by atoms with Gasteiger partial charge in [-0.05, 0) is 20.3 Å². The van der Waals surface area contributed by atoms with Gasteiger partial charge < -0.3 is 15.5 Å². The molecule has 0 aromatic rings. The fraction of sp³-hybridized carbons (Fsp3) is 0.909. The first-order chi connectivity index (χ1) is 6.80. The van der Waals surface area contributed by atoms with Crippen molar-refractivity contribution >= 4 is 5.97 Å². The van der Waals surface area contributed by atoms with Gasteiger partial charge in [-0.3, -0.25) is 4.79 Å². The molecule has 90 valence electrons. The van der Waals surface area contributed by atoms with E-state index in [1.165, 1.54) is 0 Å². The standard InChI is InChI=1S/C11H23NO3/c1-5-6-11(4,15)7-12-9(3)8(2)10(13)14/h8-9,12,15H,5-7H2,1-4H3,(H,13,14). The highest BCUT2D eigenvalue weighted by Crippen LogP contribution is 2.11. The summed E-state index contributed by atoms with van der Waals surface area (Å²) < 4.78 is 0. The van der Waals surface area contributed by atoms with Crippen LogP contribution in [-0.4, -0.2) is 34.4 Å². The average Bonchev–Trinajstić information content (AvgIpc) is 2.13. The molecule has 0 spiro atoms. The van der Waals surface area contributed by atoms with Gasteiger partial charge in [0.2, 0.25) is 0 Å². The molecule has 0 aliphatic heterocycles. The van der Waals surface area contributed by atoms with E-state index in [1.54, 1.807) is 13.8 Å². The molecule has 0 bridgehead atoms. The van der Waals surface area contributed by atoms with E-state index < -0.39 is 17.5 Å². The lowest BCUT2D eigenvalue weighted by atomic mass is 9.98. The second-order valence-corrected chi connectivity index (χ2v) is 4.54. The summed E-state index contributed by atoms with van der Waals surface area (Å²) in [7, 11) is 0. The Kier molecular flexibility index (Phi) is 5.83. The zero-order valence-corrected chi connectivity index (χ0v) is 10.1. The molecule has 0 aliphatic carbocycles. The Morgan fingerprint density at radius 1 is 1.47 bits per heavy atom. The molecule has 0 aromatic heterocycles. The summed E-state index contributed by atoms with van der Waals surface area (Å²) in [5, 5.41) is 21.7. The fourth-order valence-corrected chi connectivity index (χ4v) is 1.40. The molecule has 0 amide bonds.